The van der Waals surface area contributed by atoms with Crippen LogP contribution in [0.2, 0.25) is 0 Å². The van der Waals surface area contributed by atoms with Crippen molar-refractivity contribution in [2.24, 2.45) is 0 Å². The highest BCUT2D eigenvalue weighted by molar-refractivity contribution is 8.15. The van der Waals surface area contributed by atoms with Gasteiger partial charge in [0.1, 0.15) is 11.0 Å². The van der Waals surface area contributed by atoms with Crippen molar-refractivity contribution in [2.75, 3.05) is 4.90 Å². The second kappa shape index (κ2) is 4.69. The van der Waals surface area contributed by atoms with Gasteiger partial charge in [-0.15, -0.1) is 0 Å². The Kier molecular flexibility index (Phi) is 3.24. The van der Waals surface area contributed by atoms with Crippen LogP contribution in [0.1, 0.15) is 6.42 Å². The summed E-state index contributed by atoms with van der Waals surface area (Å²) in [5.74, 6) is -1.65. The molecule has 7 heteroatoms. The van der Waals surface area contributed by atoms with Crippen LogP contribution in [0.3, 0.4) is 0 Å². The molecule has 0 aliphatic carbocycles. The zero-order chi connectivity index (χ0) is 13.3. The van der Waals surface area contributed by atoms with Crippen molar-refractivity contribution in [3.05, 3.63) is 24.3 Å². The molecule has 0 radical (unpaired) electrons. The maximum Gasteiger partial charge on any atom is 0.305 e. The van der Waals surface area contributed by atoms with E-state index in [4.69, 9.17) is 10.2 Å². The third kappa shape index (κ3) is 2.30. The van der Waals surface area contributed by atoms with Crippen LogP contribution in [0.5, 0.6) is 5.75 Å². The van der Waals surface area contributed by atoms with Crippen LogP contribution >= 0.6 is 11.8 Å². The van der Waals surface area contributed by atoms with Crippen LogP contribution in [0.25, 0.3) is 0 Å². The summed E-state index contributed by atoms with van der Waals surface area (Å²) in [6.07, 6.45) is -0.385. The molecule has 0 aromatic heterocycles. The van der Waals surface area contributed by atoms with E-state index in [0.717, 1.165) is 4.90 Å². The van der Waals surface area contributed by atoms with E-state index in [1.54, 1.807) is 0 Å². The van der Waals surface area contributed by atoms with Crippen molar-refractivity contribution < 1.29 is 24.6 Å². The fourth-order valence-electron chi connectivity index (χ4n) is 1.58. The average molecular weight is 267 g/mol. The van der Waals surface area contributed by atoms with E-state index in [-0.39, 0.29) is 12.2 Å². The summed E-state index contributed by atoms with van der Waals surface area (Å²) in [6, 6.07) is 5.56. The molecular formula is C11H9NO5S. The largest absolute Gasteiger partial charge is 0.508 e. The van der Waals surface area contributed by atoms with E-state index in [1.165, 1.54) is 24.3 Å². The number of anilines is 1. The molecule has 1 fully saturated rings. The van der Waals surface area contributed by atoms with Gasteiger partial charge in [0.25, 0.3) is 5.24 Å². The minimum absolute atomic E-state index is 0.0209. The molecule has 18 heavy (non-hydrogen) atoms. The number of carbonyl (C=O) groups excluding carboxylic acids is 2. The molecule has 1 atom stereocenters. The van der Waals surface area contributed by atoms with Crippen LogP contribution in [0.4, 0.5) is 10.5 Å². The maximum atomic E-state index is 11.9. The first-order chi connectivity index (χ1) is 8.49. The fraction of sp³-hybridized carbons (Fsp3) is 0.182. The molecule has 1 saturated heterocycles. The predicted molar refractivity (Wildman–Crippen MR) is 64.6 cm³/mol. The van der Waals surface area contributed by atoms with Gasteiger partial charge >= 0.3 is 5.97 Å². The first-order valence-electron chi connectivity index (χ1n) is 5.04. The van der Waals surface area contributed by atoms with Crippen LogP contribution in [0.15, 0.2) is 24.3 Å². The summed E-state index contributed by atoms with van der Waals surface area (Å²) in [6.45, 7) is 0. The Morgan fingerprint density at radius 2 is 1.89 bits per heavy atom. The van der Waals surface area contributed by atoms with Gasteiger partial charge in [-0.1, -0.05) is 0 Å². The molecular weight excluding hydrogens is 258 g/mol. The number of hydrogen-bond donors (Lipinski definition) is 2. The van der Waals surface area contributed by atoms with Crippen molar-refractivity contribution in [1.82, 2.24) is 0 Å². The van der Waals surface area contributed by atoms with Gasteiger partial charge in [0.15, 0.2) is 0 Å². The quantitative estimate of drug-likeness (QED) is 0.860. The maximum absolute atomic E-state index is 11.9. The number of thioether (sulfide) groups is 1. The van der Waals surface area contributed by atoms with Crippen molar-refractivity contribution in [1.29, 1.82) is 0 Å². The Morgan fingerprint density at radius 3 is 2.44 bits per heavy atom. The number of aliphatic carboxylic acids is 1. The number of imide groups is 1. The minimum Gasteiger partial charge on any atom is -0.508 e. The molecule has 0 saturated carbocycles. The predicted octanol–water partition coefficient (Wildman–Crippen LogP) is 1.44. The van der Waals surface area contributed by atoms with E-state index >= 15 is 0 Å². The van der Waals surface area contributed by atoms with Gasteiger partial charge < -0.3 is 10.2 Å². The molecule has 0 bridgehead atoms. The highest BCUT2D eigenvalue weighted by Crippen LogP contribution is 2.33. The number of carboxylic acid groups (broad SMARTS) is 1. The van der Waals surface area contributed by atoms with Gasteiger partial charge in [-0.25, -0.2) is 4.90 Å². The zero-order valence-corrected chi connectivity index (χ0v) is 9.88. The fourth-order valence-corrected chi connectivity index (χ4v) is 2.56. The highest BCUT2D eigenvalue weighted by atomic mass is 32.2. The van der Waals surface area contributed by atoms with Gasteiger partial charge in [-0.2, -0.15) is 0 Å². The number of aromatic hydroxyl groups is 1. The Morgan fingerprint density at radius 1 is 1.28 bits per heavy atom. The number of carbonyl (C=O) groups is 3. The number of nitrogens with zero attached hydrogens (tertiary/aromatic N) is 1. The summed E-state index contributed by atoms with van der Waals surface area (Å²) < 4.78 is 0. The number of hydrogen-bond acceptors (Lipinski definition) is 5. The summed E-state index contributed by atoms with van der Waals surface area (Å²) in [5.41, 5.74) is 0.322. The number of benzene rings is 1. The van der Waals surface area contributed by atoms with E-state index in [1.807, 2.05) is 0 Å². The summed E-state index contributed by atoms with van der Waals surface area (Å²) in [4.78, 5) is 35.1. The SMILES string of the molecule is O=C(O)C[C@H]1SC(=O)N(c2ccc(O)cc2)C1=O. The Bertz CT molecular complexity index is 513. The lowest BCUT2D eigenvalue weighted by molar-refractivity contribution is -0.138. The Hall–Kier alpha value is -2.02. The third-order valence-corrected chi connectivity index (χ3v) is 3.43. The molecule has 94 valence electrons. The summed E-state index contributed by atoms with van der Waals surface area (Å²) in [7, 11) is 0. The van der Waals surface area contributed by atoms with Gasteiger partial charge in [-0.3, -0.25) is 14.4 Å². The Balaban J connectivity index is 2.24. The normalized spacial score (nSPS) is 19.3. The lowest BCUT2D eigenvalue weighted by Gasteiger charge is -2.13. The number of phenols is 1. The number of amides is 2. The molecule has 1 aliphatic rings. The van der Waals surface area contributed by atoms with Gasteiger partial charge in [0.05, 0.1) is 12.1 Å². The molecule has 2 N–H and O–H groups in total. The molecule has 1 aromatic carbocycles. The van der Waals surface area contributed by atoms with E-state index in [9.17, 15) is 14.4 Å². The monoisotopic (exact) mass is 267 g/mol. The zero-order valence-electron chi connectivity index (χ0n) is 9.07. The van der Waals surface area contributed by atoms with E-state index < -0.39 is 22.4 Å². The first-order valence-corrected chi connectivity index (χ1v) is 5.92. The molecule has 2 rings (SSSR count). The van der Waals surface area contributed by atoms with Gasteiger partial charge in [0, 0.05) is 0 Å². The van der Waals surface area contributed by atoms with E-state index in [2.05, 4.69) is 0 Å². The topological polar surface area (TPSA) is 94.9 Å². The van der Waals surface area contributed by atoms with Gasteiger partial charge in [0.2, 0.25) is 5.91 Å². The lowest BCUT2D eigenvalue weighted by Crippen LogP contribution is -2.32. The minimum atomic E-state index is -1.12. The Labute approximate surface area is 106 Å². The van der Waals surface area contributed by atoms with Gasteiger partial charge in [-0.05, 0) is 36.0 Å². The summed E-state index contributed by atoms with van der Waals surface area (Å²) >= 11 is 0.703. The standard InChI is InChI=1S/C11H9NO5S/c13-7-3-1-6(2-4-7)12-10(16)8(5-9(14)15)18-11(12)17/h1-4,8,13H,5H2,(H,14,15)/t8-/m1/s1. The molecule has 0 unspecified atom stereocenters. The molecule has 1 heterocycles. The van der Waals surface area contributed by atoms with Crippen LogP contribution < -0.4 is 4.90 Å². The highest BCUT2D eigenvalue weighted by Gasteiger charge is 2.41. The van der Waals surface area contributed by atoms with Crippen molar-refractivity contribution >= 4 is 34.6 Å². The average Bonchev–Trinajstić information content (AvgIpc) is 2.55. The van der Waals surface area contributed by atoms with Crippen LogP contribution in [-0.2, 0) is 9.59 Å². The number of carboxylic acids is 1. The van der Waals surface area contributed by atoms with Crippen LogP contribution in [-0.4, -0.2) is 32.6 Å². The second-order valence-electron chi connectivity index (χ2n) is 3.66. The molecule has 1 aliphatic heterocycles. The van der Waals surface area contributed by atoms with Crippen molar-refractivity contribution in [2.45, 2.75) is 11.7 Å². The van der Waals surface area contributed by atoms with Crippen molar-refractivity contribution in [3.63, 3.8) is 0 Å². The van der Waals surface area contributed by atoms with Crippen LogP contribution in [0, 0.1) is 0 Å². The molecule has 1 aromatic rings. The number of rotatable bonds is 3. The van der Waals surface area contributed by atoms with Crippen molar-refractivity contribution in [3.8, 4) is 5.75 Å². The number of phenolic OH excluding ortho intramolecular Hbond substituents is 1. The molecule has 6 nitrogen and oxygen atoms in total. The second-order valence-corrected chi connectivity index (χ2v) is 4.81. The summed E-state index contributed by atoms with van der Waals surface area (Å²) in [5, 5.41) is 16.4. The lowest BCUT2D eigenvalue weighted by atomic mass is 10.2. The first kappa shape index (κ1) is 12.4. The molecule has 2 amide bonds. The van der Waals surface area contributed by atoms with E-state index in [0.29, 0.717) is 17.4 Å². The smallest absolute Gasteiger partial charge is 0.305 e. The molecule has 0 spiro atoms. The third-order valence-electron chi connectivity index (χ3n) is 2.39.